The second-order valence-electron chi connectivity index (χ2n) is 4.19. The normalized spacial score (nSPS) is 10.2. The Hall–Kier alpha value is -2.41. The number of carbonyl (C=O) groups is 2. The van der Waals surface area contributed by atoms with Crippen LogP contribution in [0.5, 0.6) is 0 Å². The predicted octanol–water partition coefficient (Wildman–Crippen LogP) is 1.91. The number of rotatable bonds is 4. The molecule has 104 valence electrons. The highest BCUT2D eigenvalue weighted by atomic mass is 32.1. The largest absolute Gasteiger partial charge is 0.478 e. The van der Waals surface area contributed by atoms with Gasteiger partial charge in [0.15, 0.2) is 5.13 Å². The van der Waals surface area contributed by atoms with E-state index in [1.54, 1.807) is 24.4 Å². The number of hydrogen-bond acceptors (Lipinski definition) is 5. The number of nitrogen functional groups attached to an aromatic ring is 1. The van der Waals surface area contributed by atoms with Gasteiger partial charge in [-0.15, -0.1) is 11.3 Å². The molecule has 0 aliphatic rings. The molecule has 7 heteroatoms. The summed E-state index contributed by atoms with van der Waals surface area (Å²) in [6.45, 7) is 1.65. The lowest BCUT2D eigenvalue weighted by molar-refractivity contribution is -0.115. The van der Waals surface area contributed by atoms with Gasteiger partial charge in [-0.25, -0.2) is 9.78 Å². The van der Waals surface area contributed by atoms with Crippen LogP contribution in [-0.2, 0) is 11.2 Å². The maximum Gasteiger partial charge on any atom is 0.336 e. The van der Waals surface area contributed by atoms with E-state index in [4.69, 9.17) is 10.8 Å². The Morgan fingerprint density at radius 2 is 2.20 bits per heavy atom. The molecule has 2 aromatic rings. The standard InChI is InChI=1S/C13H13N3O3S/c1-7-9(12(18)19)3-2-4-10(7)16-11(17)5-8-6-20-13(14)15-8/h2-4,6H,5H2,1H3,(H2,14,15)(H,16,17)(H,18,19). The van der Waals surface area contributed by atoms with Crippen LogP contribution in [0.3, 0.4) is 0 Å². The highest BCUT2D eigenvalue weighted by Crippen LogP contribution is 2.19. The first kappa shape index (κ1) is 14.0. The van der Waals surface area contributed by atoms with Gasteiger partial charge in [-0.1, -0.05) is 6.07 Å². The van der Waals surface area contributed by atoms with Crippen molar-refractivity contribution in [3.8, 4) is 0 Å². The van der Waals surface area contributed by atoms with Gasteiger partial charge in [0, 0.05) is 11.1 Å². The monoisotopic (exact) mass is 291 g/mol. The third kappa shape index (κ3) is 3.12. The van der Waals surface area contributed by atoms with Crippen LogP contribution in [0.1, 0.15) is 21.6 Å². The van der Waals surface area contributed by atoms with E-state index in [0.717, 1.165) is 0 Å². The fourth-order valence-corrected chi connectivity index (χ4v) is 2.33. The lowest BCUT2D eigenvalue weighted by Crippen LogP contribution is -2.16. The molecule has 1 aromatic heterocycles. The van der Waals surface area contributed by atoms with Crippen LogP contribution >= 0.6 is 11.3 Å². The molecule has 1 amide bonds. The third-order valence-electron chi connectivity index (χ3n) is 2.75. The number of aromatic carboxylic acids is 1. The Bertz CT molecular complexity index is 667. The number of benzene rings is 1. The summed E-state index contributed by atoms with van der Waals surface area (Å²) in [4.78, 5) is 26.9. The van der Waals surface area contributed by atoms with Gasteiger partial charge < -0.3 is 16.2 Å². The van der Waals surface area contributed by atoms with Gasteiger partial charge in [-0.2, -0.15) is 0 Å². The number of hydrogen-bond donors (Lipinski definition) is 3. The van der Waals surface area contributed by atoms with Gasteiger partial charge in [0.2, 0.25) is 5.91 Å². The topological polar surface area (TPSA) is 105 Å². The molecular weight excluding hydrogens is 278 g/mol. The van der Waals surface area contributed by atoms with Crippen molar-refractivity contribution < 1.29 is 14.7 Å². The van der Waals surface area contributed by atoms with Gasteiger partial charge in [-0.3, -0.25) is 4.79 Å². The zero-order valence-electron chi connectivity index (χ0n) is 10.7. The molecule has 1 heterocycles. The number of carbonyl (C=O) groups excluding carboxylic acids is 1. The summed E-state index contributed by atoms with van der Waals surface area (Å²) >= 11 is 1.27. The van der Waals surface area contributed by atoms with Gasteiger partial charge in [-0.05, 0) is 24.6 Å². The molecule has 0 fully saturated rings. The van der Waals surface area contributed by atoms with E-state index >= 15 is 0 Å². The van der Waals surface area contributed by atoms with Gasteiger partial charge >= 0.3 is 5.97 Å². The number of thiazole rings is 1. The molecule has 6 nitrogen and oxygen atoms in total. The highest BCUT2D eigenvalue weighted by molar-refractivity contribution is 7.13. The second kappa shape index (κ2) is 5.70. The van der Waals surface area contributed by atoms with Crippen LogP contribution in [0.25, 0.3) is 0 Å². The third-order valence-corrected chi connectivity index (χ3v) is 3.47. The molecule has 2 rings (SSSR count). The number of amides is 1. The number of carboxylic acids is 1. The Balaban J connectivity index is 2.12. The fourth-order valence-electron chi connectivity index (χ4n) is 1.77. The Morgan fingerprint density at radius 1 is 1.45 bits per heavy atom. The average Bonchev–Trinajstić information content (AvgIpc) is 2.77. The first-order valence-electron chi connectivity index (χ1n) is 5.80. The first-order chi connectivity index (χ1) is 9.47. The van der Waals surface area contributed by atoms with Crippen LogP contribution in [0.15, 0.2) is 23.6 Å². The molecule has 0 unspecified atom stereocenters. The molecule has 0 radical (unpaired) electrons. The van der Waals surface area contributed by atoms with Crippen molar-refractivity contribution in [3.63, 3.8) is 0 Å². The van der Waals surface area contributed by atoms with Crippen molar-refractivity contribution >= 4 is 34.0 Å². The molecule has 0 saturated carbocycles. The summed E-state index contributed by atoms with van der Waals surface area (Å²) in [5.74, 6) is -1.29. The van der Waals surface area contributed by atoms with Crippen LogP contribution in [0.4, 0.5) is 10.8 Å². The molecule has 1 aromatic carbocycles. The molecule has 0 aliphatic carbocycles. The number of nitrogens with two attached hydrogens (primary N) is 1. The van der Waals surface area contributed by atoms with E-state index in [-0.39, 0.29) is 17.9 Å². The summed E-state index contributed by atoms with van der Waals surface area (Å²) in [6.07, 6.45) is 0.102. The highest BCUT2D eigenvalue weighted by Gasteiger charge is 2.13. The summed E-state index contributed by atoms with van der Waals surface area (Å²) in [7, 11) is 0. The Labute approximate surface area is 119 Å². The Kier molecular flexibility index (Phi) is 3.99. The fraction of sp³-hybridized carbons (Fsp3) is 0.154. The smallest absolute Gasteiger partial charge is 0.336 e. The first-order valence-corrected chi connectivity index (χ1v) is 6.68. The van der Waals surface area contributed by atoms with E-state index in [9.17, 15) is 9.59 Å². The van der Waals surface area contributed by atoms with Gasteiger partial charge in [0.25, 0.3) is 0 Å². The van der Waals surface area contributed by atoms with E-state index in [1.807, 2.05) is 0 Å². The summed E-state index contributed by atoms with van der Waals surface area (Å²) in [5, 5.41) is 13.8. The summed E-state index contributed by atoms with van der Waals surface area (Å²) in [5.41, 5.74) is 7.26. The zero-order valence-corrected chi connectivity index (χ0v) is 11.5. The van der Waals surface area contributed by atoms with Crippen molar-refractivity contribution in [3.05, 3.63) is 40.4 Å². The molecule has 0 spiro atoms. The minimum atomic E-state index is -1.02. The molecular formula is C13H13N3O3S. The van der Waals surface area contributed by atoms with Crippen molar-refractivity contribution in [2.24, 2.45) is 0 Å². The van der Waals surface area contributed by atoms with Crippen LogP contribution in [-0.4, -0.2) is 22.0 Å². The van der Waals surface area contributed by atoms with Crippen molar-refractivity contribution in [2.75, 3.05) is 11.1 Å². The maximum atomic E-state index is 11.9. The van der Waals surface area contributed by atoms with Crippen LogP contribution < -0.4 is 11.1 Å². The number of nitrogens with one attached hydrogen (secondary N) is 1. The lowest BCUT2D eigenvalue weighted by Gasteiger charge is -2.09. The summed E-state index contributed by atoms with van der Waals surface area (Å²) in [6, 6.07) is 4.75. The van der Waals surface area contributed by atoms with E-state index < -0.39 is 5.97 Å². The SMILES string of the molecule is Cc1c(NC(=O)Cc2csc(N)n2)cccc1C(=O)O. The van der Waals surface area contributed by atoms with Crippen molar-refractivity contribution in [2.45, 2.75) is 13.3 Å². The van der Waals surface area contributed by atoms with E-state index in [2.05, 4.69) is 10.3 Å². The molecule has 0 saturated heterocycles. The molecule has 0 atom stereocenters. The Morgan fingerprint density at radius 3 is 2.80 bits per heavy atom. The quantitative estimate of drug-likeness (QED) is 0.798. The number of nitrogens with zero attached hydrogens (tertiary/aromatic N) is 1. The number of aromatic nitrogens is 1. The minimum absolute atomic E-state index is 0.102. The van der Waals surface area contributed by atoms with E-state index in [0.29, 0.717) is 22.1 Å². The lowest BCUT2D eigenvalue weighted by atomic mass is 10.1. The minimum Gasteiger partial charge on any atom is -0.478 e. The molecule has 20 heavy (non-hydrogen) atoms. The number of carboxylic acid groups (broad SMARTS) is 1. The number of anilines is 2. The molecule has 0 aliphatic heterocycles. The zero-order chi connectivity index (χ0) is 14.7. The van der Waals surface area contributed by atoms with Gasteiger partial charge in [0.1, 0.15) is 0 Å². The predicted molar refractivity (Wildman–Crippen MR) is 77.0 cm³/mol. The maximum absolute atomic E-state index is 11.9. The van der Waals surface area contributed by atoms with Crippen LogP contribution in [0, 0.1) is 6.92 Å². The molecule has 4 N–H and O–H groups in total. The van der Waals surface area contributed by atoms with Crippen LogP contribution in [0.2, 0.25) is 0 Å². The second-order valence-corrected chi connectivity index (χ2v) is 5.08. The van der Waals surface area contributed by atoms with Crippen molar-refractivity contribution in [1.82, 2.24) is 4.98 Å². The van der Waals surface area contributed by atoms with Gasteiger partial charge in [0.05, 0.1) is 17.7 Å². The average molecular weight is 291 g/mol. The summed E-state index contributed by atoms with van der Waals surface area (Å²) < 4.78 is 0. The van der Waals surface area contributed by atoms with Crippen molar-refractivity contribution in [1.29, 1.82) is 0 Å². The van der Waals surface area contributed by atoms with E-state index in [1.165, 1.54) is 17.4 Å². The molecule has 0 bridgehead atoms.